The third kappa shape index (κ3) is 3.96. The van der Waals surface area contributed by atoms with Gasteiger partial charge in [-0.05, 0) is 74.3 Å². The molecule has 1 saturated heterocycles. The third-order valence-corrected chi connectivity index (χ3v) is 6.71. The van der Waals surface area contributed by atoms with Gasteiger partial charge in [-0.25, -0.2) is 0 Å². The first-order chi connectivity index (χ1) is 16.1. The number of azo groups is 1. The fourth-order valence-electron chi connectivity index (χ4n) is 4.83. The number of hydrogen-bond donors (Lipinski definition) is 2. The first-order valence-corrected chi connectivity index (χ1v) is 11.3. The van der Waals surface area contributed by atoms with E-state index in [4.69, 9.17) is 10.5 Å². The van der Waals surface area contributed by atoms with Crippen molar-refractivity contribution >= 4 is 23.1 Å². The van der Waals surface area contributed by atoms with E-state index in [0.29, 0.717) is 41.5 Å². The summed E-state index contributed by atoms with van der Waals surface area (Å²) in [4.78, 5) is 28.4. The molecule has 1 fully saturated rings. The minimum absolute atomic E-state index is 0.120. The number of benzene rings is 2. The number of nitrogens with zero attached hydrogens (tertiary/aromatic N) is 3. The number of carbonyl (C=O) groups excluding carboxylic acids is 2. The molecule has 33 heavy (non-hydrogen) atoms. The highest BCUT2D eigenvalue weighted by atomic mass is 16.5. The average Bonchev–Trinajstić information content (AvgIpc) is 3.40. The minimum atomic E-state index is -0.434. The van der Waals surface area contributed by atoms with Crippen LogP contribution in [0.15, 0.2) is 58.3 Å². The van der Waals surface area contributed by atoms with Crippen LogP contribution in [0.25, 0.3) is 5.70 Å². The zero-order valence-corrected chi connectivity index (χ0v) is 18.6. The fraction of sp³-hybridized carbons (Fsp3) is 0.360. The number of likely N-dealkylation sites (tertiary alicyclic amines) is 1. The van der Waals surface area contributed by atoms with E-state index in [1.165, 1.54) is 0 Å². The molecule has 2 aromatic carbocycles. The standard InChI is InChI=1S/C25H27N5O3/c1-33-17-7-5-16(6-8-17)23-22-24(29-28-23)18-3-2-4-19(21(18)25(22)32)27-20(31)14-30-11-9-15(13-26)10-12-30/h2-8,15,24H,9-14,26H2,1H3,(H,27,31). The van der Waals surface area contributed by atoms with Crippen molar-refractivity contribution in [1.82, 2.24) is 4.90 Å². The van der Waals surface area contributed by atoms with Crippen molar-refractivity contribution in [3.05, 3.63) is 64.7 Å². The van der Waals surface area contributed by atoms with Crippen molar-refractivity contribution in [2.45, 2.75) is 18.9 Å². The lowest BCUT2D eigenvalue weighted by Gasteiger charge is -2.30. The molecule has 2 aliphatic heterocycles. The molecule has 8 nitrogen and oxygen atoms in total. The van der Waals surface area contributed by atoms with Gasteiger partial charge in [0.2, 0.25) is 5.91 Å². The summed E-state index contributed by atoms with van der Waals surface area (Å²) in [6, 6.07) is 12.5. The molecule has 170 valence electrons. The number of ketones is 1. The number of fused-ring (bicyclic) bond motifs is 3. The van der Waals surface area contributed by atoms with E-state index in [-0.39, 0.29) is 11.7 Å². The highest BCUT2D eigenvalue weighted by molar-refractivity contribution is 6.22. The molecule has 0 saturated carbocycles. The number of nitrogens with two attached hydrogens (primary N) is 1. The van der Waals surface area contributed by atoms with Crippen LogP contribution >= 0.6 is 0 Å². The summed E-state index contributed by atoms with van der Waals surface area (Å²) in [7, 11) is 1.61. The largest absolute Gasteiger partial charge is 0.497 e. The highest BCUT2D eigenvalue weighted by Gasteiger charge is 2.42. The molecule has 3 N–H and O–H groups in total. The van der Waals surface area contributed by atoms with Crippen LogP contribution in [-0.2, 0) is 4.79 Å². The van der Waals surface area contributed by atoms with Gasteiger partial charge in [-0.2, -0.15) is 10.2 Å². The molecule has 3 aliphatic rings. The van der Waals surface area contributed by atoms with Gasteiger partial charge in [0.15, 0.2) is 5.78 Å². The van der Waals surface area contributed by atoms with E-state index >= 15 is 0 Å². The second kappa shape index (κ2) is 8.88. The molecule has 1 atom stereocenters. The quantitative estimate of drug-likeness (QED) is 0.708. The lowest BCUT2D eigenvalue weighted by Crippen LogP contribution is -2.40. The van der Waals surface area contributed by atoms with E-state index in [1.807, 2.05) is 36.4 Å². The second-order valence-corrected chi connectivity index (χ2v) is 8.71. The molecule has 0 aromatic heterocycles. The Balaban J connectivity index is 1.36. The molecule has 1 aliphatic carbocycles. The number of methoxy groups -OCH3 is 1. The molecular formula is C25H27N5O3. The summed E-state index contributed by atoms with van der Waals surface area (Å²) in [6.45, 7) is 2.73. The second-order valence-electron chi connectivity index (χ2n) is 8.71. The van der Waals surface area contributed by atoms with Crippen LogP contribution in [0, 0.1) is 5.92 Å². The molecule has 0 bridgehead atoms. The van der Waals surface area contributed by atoms with E-state index in [0.717, 1.165) is 42.8 Å². The van der Waals surface area contributed by atoms with Crippen LogP contribution in [0.3, 0.4) is 0 Å². The Morgan fingerprint density at radius 2 is 1.94 bits per heavy atom. The predicted octanol–water partition coefficient (Wildman–Crippen LogP) is 3.42. The maximum Gasteiger partial charge on any atom is 0.238 e. The van der Waals surface area contributed by atoms with Gasteiger partial charge in [0, 0.05) is 5.56 Å². The van der Waals surface area contributed by atoms with E-state index in [9.17, 15) is 9.59 Å². The van der Waals surface area contributed by atoms with Gasteiger partial charge >= 0.3 is 0 Å². The molecule has 0 spiro atoms. The molecule has 1 amide bonds. The summed E-state index contributed by atoms with van der Waals surface area (Å²) in [6.07, 6.45) is 2.02. The summed E-state index contributed by atoms with van der Waals surface area (Å²) in [5.41, 5.74) is 9.53. The van der Waals surface area contributed by atoms with Crippen molar-refractivity contribution < 1.29 is 14.3 Å². The Labute approximate surface area is 192 Å². The summed E-state index contributed by atoms with van der Waals surface area (Å²) < 4.78 is 5.22. The monoisotopic (exact) mass is 445 g/mol. The lowest BCUT2D eigenvalue weighted by atomic mass is 9.97. The molecular weight excluding hydrogens is 418 g/mol. The van der Waals surface area contributed by atoms with Crippen LogP contribution in [-0.4, -0.2) is 49.9 Å². The van der Waals surface area contributed by atoms with Crippen LogP contribution in [0.1, 0.15) is 40.4 Å². The normalized spacial score (nSPS) is 20.2. The Morgan fingerprint density at radius 1 is 1.18 bits per heavy atom. The number of anilines is 1. The van der Waals surface area contributed by atoms with Crippen LogP contribution in [0.4, 0.5) is 5.69 Å². The molecule has 2 heterocycles. The highest BCUT2D eigenvalue weighted by Crippen LogP contribution is 2.49. The molecule has 8 heteroatoms. The zero-order valence-electron chi connectivity index (χ0n) is 18.6. The predicted molar refractivity (Wildman–Crippen MR) is 125 cm³/mol. The number of ether oxygens (including phenoxy) is 1. The number of hydrogen-bond acceptors (Lipinski definition) is 7. The topological polar surface area (TPSA) is 109 Å². The summed E-state index contributed by atoms with van der Waals surface area (Å²) in [5.74, 6) is 1.02. The van der Waals surface area contributed by atoms with Gasteiger partial charge in [0.05, 0.1) is 30.5 Å². The Hall–Kier alpha value is -3.36. The number of Topliss-reactive ketones (excluding diaryl/α,β-unsaturated/α-hetero) is 1. The maximum absolute atomic E-state index is 13.5. The Morgan fingerprint density at radius 3 is 2.64 bits per heavy atom. The van der Waals surface area contributed by atoms with Crippen molar-refractivity contribution in [3.8, 4) is 5.75 Å². The van der Waals surface area contributed by atoms with Gasteiger partial charge < -0.3 is 15.8 Å². The van der Waals surface area contributed by atoms with E-state index < -0.39 is 6.04 Å². The van der Waals surface area contributed by atoms with Crippen LogP contribution in [0.5, 0.6) is 5.75 Å². The number of piperidine rings is 1. The molecule has 5 rings (SSSR count). The lowest BCUT2D eigenvalue weighted by molar-refractivity contribution is -0.117. The SMILES string of the molecule is COc1ccc(C2=C3C(=O)c4c(NC(=O)CN5CCC(CN)CC5)cccc4C3N=N2)cc1. The Kier molecular flexibility index (Phi) is 5.78. The van der Waals surface area contributed by atoms with E-state index in [1.54, 1.807) is 13.2 Å². The first kappa shape index (κ1) is 21.5. The van der Waals surface area contributed by atoms with Crippen LogP contribution in [0.2, 0.25) is 0 Å². The van der Waals surface area contributed by atoms with Crippen molar-refractivity contribution in [2.24, 2.45) is 21.9 Å². The van der Waals surface area contributed by atoms with Gasteiger partial charge in [-0.1, -0.05) is 12.1 Å². The summed E-state index contributed by atoms with van der Waals surface area (Å²) in [5, 5.41) is 11.7. The van der Waals surface area contributed by atoms with Crippen molar-refractivity contribution in [2.75, 3.05) is 38.6 Å². The number of nitrogens with one attached hydrogen (secondary N) is 1. The number of rotatable bonds is 6. The first-order valence-electron chi connectivity index (χ1n) is 11.3. The third-order valence-electron chi connectivity index (χ3n) is 6.71. The zero-order chi connectivity index (χ0) is 22.9. The number of carbonyl (C=O) groups is 2. The van der Waals surface area contributed by atoms with Gasteiger partial charge in [-0.15, -0.1) is 0 Å². The smallest absolute Gasteiger partial charge is 0.238 e. The van der Waals surface area contributed by atoms with Crippen LogP contribution < -0.4 is 15.8 Å². The van der Waals surface area contributed by atoms with Gasteiger partial charge in [0.1, 0.15) is 17.5 Å². The number of amides is 1. The van der Waals surface area contributed by atoms with Gasteiger partial charge in [-0.3, -0.25) is 14.5 Å². The molecule has 2 aromatic rings. The molecule has 0 radical (unpaired) electrons. The van der Waals surface area contributed by atoms with Gasteiger partial charge in [0.25, 0.3) is 0 Å². The van der Waals surface area contributed by atoms with Crippen molar-refractivity contribution in [1.29, 1.82) is 0 Å². The average molecular weight is 446 g/mol. The fourth-order valence-corrected chi connectivity index (χ4v) is 4.83. The molecule has 1 unspecified atom stereocenters. The van der Waals surface area contributed by atoms with Crippen molar-refractivity contribution in [3.63, 3.8) is 0 Å². The maximum atomic E-state index is 13.5. The minimum Gasteiger partial charge on any atom is -0.497 e. The van der Waals surface area contributed by atoms with E-state index in [2.05, 4.69) is 20.4 Å². The summed E-state index contributed by atoms with van der Waals surface area (Å²) >= 11 is 0. The Bertz CT molecular complexity index is 1150.